The number of hydrogen-bond acceptors (Lipinski definition) is 4. The Balaban J connectivity index is 1.78. The fourth-order valence-corrected chi connectivity index (χ4v) is 1.79. The van der Waals surface area contributed by atoms with Crippen LogP contribution in [-0.4, -0.2) is 16.0 Å². The summed E-state index contributed by atoms with van der Waals surface area (Å²) < 4.78 is 0. The minimum absolute atomic E-state index is 0.339. The molecule has 1 aromatic heterocycles. The monoisotopic (exact) mass is 192 g/mol. The molecule has 14 heavy (non-hydrogen) atoms. The summed E-state index contributed by atoms with van der Waals surface area (Å²) in [5, 5.41) is 3.46. The first-order valence-corrected chi connectivity index (χ1v) is 5.04. The number of nitrogens with one attached hydrogen (secondary N) is 1. The van der Waals surface area contributed by atoms with Gasteiger partial charge in [-0.2, -0.15) is 0 Å². The van der Waals surface area contributed by atoms with Crippen LogP contribution < -0.4 is 11.1 Å². The van der Waals surface area contributed by atoms with Crippen LogP contribution in [0.3, 0.4) is 0 Å². The topological polar surface area (TPSA) is 63.8 Å². The lowest BCUT2D eigenvalue weighted by atomic mass is 9.82. The Morgan fingerprint density at radius 2 is 2.07 bits per heavy atom. The van der Waals surface area contributed by atoms with Gasteiger partial charge in [0, 0.05) is 30.5 Å². The van der Waals surface area contributed by atoms with Gasteiger partial charge >= 0.3 is 0 Å². The predicted molar refractivity (Wildman–Crippen MR) is 55.5 cm³/mol. The molecule has 0 unspecified atom stereocenters. The average Bonchev–Trinajstić information content (AvgIpc) is 2.13. The quantitative estimate of drug-likeness (QED) is 0.748. The number of nitrogens with zero attached hydrogens (tertiary/aromatic N) is 2. The Bertz CT molecular complexity index is 289. The Kier molecular flexibility index (Phi) is 2.63. The second-order valence-electron chi connectivity index (χ2n) is 4.10. The summed E-state index contributed by atoms with van der Waals surface area (Å²) >= 11 is 0. The van der Waals surface area contributed by atoms with Crippen molar-refractivity contribution < 1.29 is 0 Å². The van der Waals surface area contributed by atoms with E-state index in [1.165, 1.54) is 12.8 Å². The number of nitrogen functional groups attached to an aromatic ring is 1. The molecule has 4 nitrogen and oxygen atoms in total. The first kappa shape index (κ1) is 9.40. The van der Waals surface area contributed by atoms with Gasteiger partial charge in [0.25, 0.3) is 0 Å². The molecule has 76 valence electrons. The fourth-order valence-electron chi connectivity index (χ4n) is 1.79. The maximum atomic E-state index is 5.40. The summed E-state index contributed by atoms with van der Waals surface area (Å²) in [7, 11) is 0. The highest BCUT2D eigenvalue weighted by molar-refractivity contribution is 5.17. The summed E-state index contributed by atoms with van der Waals surface area (Å²) in [4.78, 5) is 7.89. The van der Waals surface area contributed by atoms with Crippen LogP contribution in [-0.2, 0) is 6.54 Å². The lowest BCUT2D eigenvalue weighted by Gasteiger charge is -2.33. The summed E-state index contributed by atoms with van der Waals surface area (Å²) in [6.07, 6.45) is 6.13. The molecule has 1 saturated carbocycles. The van der Waals surface area contributed by atoms with E-state index in [9.17, 15) is 0 Å². The standard InChI is InChI=1S/C10H16N4/c1-7-2-9(3-7)12-4-8-5-13-10(11)14-6-8/h5-7,9,12H,2-4H2,1H3,(H2,11,13,14). The molecule has 0 aromatic carbocycles. The van der Waals surface area contributed by atoms with Crippen LogP contribution in [0.25, 0.3) is 0 Å². The zero-order chi connectivity index (χ0) is 9.97. The summed E-state index contributed by atoms with van der Waals surface area (Å²) in [5.41, 5.74) is 6.49. The Hall–Kier alpha value is -1.16. The predicted octanol–water partition coefficient (Wildman–Crippen LogP) is 0.947. The molecule has 1 aromatic rings. The van der Waals surface area contributed by atoms with Gasteiger partial charge in [-0.1, -0.05) is 6.92 Å². The molecule has 4 heteroatoms. The maximum Gasteiger partial charge on any atom is 0.219 e. The van der Waals surface area contributed by atoms with Crippen molar-refractivity contribution in [1.82, 2.24) is 15.3 Å². The van der Waals surface area contributed by atoms with E-state index in [-0.39, 0.29) is 0 Å². The van der Waals surface area contributed by atoms with Gasteiger partial charge in [-0.3, -0.25) is 0 Å². The molecule has 0 atom stereocenters. The highest BCUT2D eigenvalue weighted by Gasteiger charge is 2.24. The Morgan fingerprint density at radius 1 is 1.43 bits per heavy atom. The van der Waals surface area contributed by atoms with Gasteiger partial charge in [0.05, 0.1) is 0 Å². The fraction of sp³-hybridized carbons (Fsp3) is 0.600. The highest BCUT2D eigenvalue weighted by Crippen LogP contribution is 2.26. The van der Waals surface area contributed by atoms with Crippen molar-refractivity contribution in [2.24, 2.45) is 5.92 Å². The minimum atomic E-state index is 0.339. The molecular weight excluding hydrogens is 176 g/mol. The van der Waals surface area contributed by atoms with Crippen molar-refractivity contribution >= 4 is 5.95 Å². The van der Waals surface area contributed by atoms with Gasteiger partial charge in [-0.05, 0) is 18.8 Å². The van der Waals surface area contributed by atoms with Crippen molar-refractivity contribution in [1.29, 1.82) is 0 Å². The van der Waals surface area contributed by atoms with Gasteiger partial charge in [-0.25, -0.2) is 9.97 Å². The summed E-state index contributed by atoms with van der Waals surface area (Å²) in [6, 6.07) is 0.683. The molecule has 1 heterocycles. The molecule has 2 rings (SSSR count). The van der Waals surface area contributed by atoms with Crippen molar-refractivity contribution in [2.45, 2.75) is 32.4 Å². The molecule has 0 amide bonds. The zero-order valence-corrected chi connectivity index (χ0v) is 8.40. The molecule has 0 aliphatic heterocycles. The smallest absolute Gasteiger partial charge is 0.219 e. The largest absolute Gasteiger partial charge is 0.368 e. The second kappa shape index (κ2) is 3.92. The summed E-state index contributed by atoms with van der Waals surface area (Å²) in [5.74, 6) is 1.22. The van der Waals surface area contributed by atoms with Crippen LogP contribution in [0.2, 0.25) is 0 Å². The number of rotatable bonds is 3. The first-order valence-electron chi connectivity index (χ1n) is 5.04. The first-order chi connectivity index (χ1) is 6.74. The second-order valence-corrected chi connectivity index (χ2v) is 4.10. The maximum absolute atomic E-state index is 5.40. The third-order valence-electron chi connectivity index (χ3n) is 2.69. The van der Waals surface area contributed by atoms with Crippen LogP contribution in [0, 0.1) is 5.92 Å². The zero-order valence-electron chi connectivity index (χ0n) is 8.40. The number of aromatic nitrogens is 2. The molecule has 1 aliphatic carbocycles. The van der Waals surface area contributed by atoms with Gasteiger partial charge in [-0.15, -0.1) is 0 Å². The van der Waals surface area contributed by atoms with Crippen LogP contribution in [0.1, 0.15) is 25.3 Å². The lowest BCUT2D eigenvalue weighted by molar-refractivity contribution is 0.240. The summed E-state index contributed by atoms with van der Waals surface area (Å²) in [6.45, 7) is 3.13. The van der Waals surface area contributed by atoms with Crippen LogP contribution in [0.15, 0.2) is 12.4 Å². The van der Waals surface area contributed by atoms with Crippen LogP contribution >= 0.6 is 0 Å². The van der Waals surface area contributed by atoms with E-state index in [1.807, 2.05) is 0 Å². The van der Waals surface area contributed by atoms with Gasteiger partial charge in [0.1, 0.15) is 0 Å². The normalized spacial score (nSPS) is 25.8. The van der Waals surface area contributed by atoms with E-state index in [2.05, 4.69) is 22.2 Å². The molecule has 0 saturated heterocycles. The molecular formula is C10H16N4. The van der Waals surface area contributed by atoms with Crippen molar-refractivity contribution in [3.63, 3.8) is 0 Å². The van der Waals surface area contributed by atoms with Gasteiger partial charge < -0.3 is 11.1 Å². The van der Waals surface area contributed by atoms with E-state index in [0.29, 0.717) is 12.0 Å². The third kappa shape index (κ3) is 2.20. The number of anilines is 1. The Morgan fingerprint density at radius 3 is 2.64 bits per heavy atom. The third-order valence-corrected chi connectivity index (χ3v) is 2.69. The molecule has 0 bridgehead atoms. The highest BCUT2D eigenvalue weighted by atomic mass is 15.0. The van der Waals surface area contributed by atoms with E-state index in [4.69, 9.17) is 5.73 Å². The lowest BCUT2D eigenvalue weighted by Crippen LogP contribution is -2.39. The molecule has 3 N–H and O–H groups in total. The molecule has 1 fully saturated rings. The van der Waals surface area contributed by atoms with Crippen LogP contribution in [0.5, 0.6) is 0 Å². The SMILES string of the molecule is CC1CC(NCc2cnc(N)nc2)C1. The minimum Gasteiger partial charge on any atom is -0.368 e. The Labute approximate surface area is 83.9 Å². The molecule has 0 radical (unpaired) electrons. The van der Waals surface area contributed by atoms with E-state index in [0.717, 1.165) is 18.0 Å². The van der Waals surface area contributed by atoms with Crippen molar-refractivity contribution in [3.05, 3.63) is 18.0 Å². The number of nitrogens with two attached hydrogens (primary N) is 1. The number of hydrogen-bond donors (Lipinski definition) is 2. The molecule has 1 aliphatic rings. The van der Waals surface area contributed by atoms with Gasteiger partial charge in [0.15, 0.2) is 0 Å². The van der Waals surface area contributed by atoms with Gasteiger partial charge in [0.2, 0.25) is 5.95 Å². The molecule has 0 spiro atoms. The van der Waals surface area contributed by atoms with Crippen LogP contribution in [0.4, 0.5) is 5.95 Å². The average molecular weight is 192 g/mol. The van der Waals surface area contributed by atoms with E-state index < -0.39 is 0 Å². The van der Waals surface area contributed by atoms with E-state index in [1.54, 1.807) is 12.4 Å². The van der Waals surface area contributed by atoms with E-state index >= 15 is 0 Å². The van der Waals surface area contributed by atoms with Crippen molar-refractivity contribution in [3.8, 4) is 0 Å². The van der Waals surface area contributed by atoms with Crippen molar-refractivity contribution in [2.75, 3.05) is 5.73 Å².